The Labute approximate surface area is 127 Å². The Morgan fingerprint density at radius 1 is 1.27 bits per heavy atom. The van der Waals surface area contributed by atoms with E-state index in [1.807, 2.05) is 0 Å². The van der Waals surface area contributed by atoms with Crippen LogP contribution in [0.1, 0.15) is 18.4 Å². The fraction of sp³-hybridized carbons (Fsp3) is 0.375. The summed E-state index contributed by atoms with van der Waals surface area (Å²) >= 11 is 0. The first-order valence-corrected chi connectivity index (χ1v) is 7.33. The summed E-state index contributed by atoms with van der Waals surface area (Å²) in [5.74, 6) is -0.838. The molecule has 1 saturated heterocycles. The molecule has 1 aliphatic rings. The van der Waals surface area contributed by atoms with Gasteiger partial charge in [0, 0.05) is 30.4 Å². The minimum absolute atomic E-state index is 0.107. The summed E-state index contributed by atoms with van der Waals surface area (Å²) < 4.78 is 28.5. The van der Waals surface area contributed by atoms with E-state index in [1.165, 1.54) is 16.8 Å². The van der Waals surface area contributed by atoms with Crippen LogP contribution in [0.4, 0.5) is 8.78 Å². The van der Waals surface area contributed by atoms with Crippen LogP contribution in [0.25, 0.3) is 0 Å². The van der Waals surface area contributed by atoms with Crippen LogP contribution in [0.5, 0.6) is 0 Å². The summed E-state index contributed by atoms with van der Waals surface area (Å²) in [5, 5.41) is 4.06. The second-order valence-corrected chi connectivity index (χ2v) is 5.55. The third-order valence-electron chi connectivity index (χ3n) is 4.05. The van der Waals surface area contributed by atoms with E-state index in [1.54, 1.807) is 12.3 Å². The maximum Gasteiger partial charge on any atom is 0.266 e. The molecule has 0 aliphatic carbocycles. The lowest BCUT2D eigenvalue weighted by atomic mass is 10.1. The summed E-state index contributed by atoms with van der Waals surface area (Å²) in [6.45, 7) is 1.62. The number of hydrogen-bond donors (Lipinski definition) is 0. The predicted octanol–water partition coefficient (Wildman–Crippen LogP) is 2.19. The SMILES string of the molecule is O=c1cccnn1CC1CCCN1Cc1cc(F)ccc1F. The fourth-order valence-electron chi connectivity index (χ4n) is 2.92. The molecule has 0 spiro atoms. The van der Waals surface area contributed by atoms with Crippen molar-refractivity contribution in [1.82, 2.24) is 14.7 Å². The molecule has 0 amide bonds. The van der Waals surface area contributed by atoms with E-state index in [0.29, 0.717) is 18.7 Å². The van der Waals surface area contributed by atoms with Gasteiger partial charge in [-0.3, -0.25) is 9.69 Å². The number of likely N-dealkylation sites (tertiary alicyclic amines) is 1. The molecule has 3 rings (SSSR count). The standard InChI is InChI=1S/C16H17F2N3O/c17-13-5-6-15(18)12(9-13)10-20-8-2-3-14(20)11-21-16(22)4-1-7-19-21/h1,4-7,9,14H,2-3,8,10-11H2. The van der Waals surface area contributed by atoms with Crippen LogP contribution < -0.4 is 5.56 Å². The van der Waals surface area contributed by atoms with Crippen LogP contribution in [0.15, 0.2) is 41.3 Å². The molecule has 4 nitrogen and oxygen atoms in total. The molecule has 1 fully saturated rings. The average Bonchev–Trinajstić information content (AvgIpc) is 2.92. The zero-order valence-electron chi connectivity index (χ0n) is 12.1. The lowest BCUT2D eigenvalue weighted by Crippen LogP contribution is -2.36. The first-order chi connectivity index (χ1) is 10.6. The van der Waals surface area contributed by atoms with Gasteiger partial charge in [-0.2, -0.15) is 5.10 Å². The molecule has 1 unspecified atom stereocenters. The van der Waals surface area contributed by atoms with Crippen molar-refractivity contribution >= 4 is 0 Å². The van der Waals surface area contributed by atoms with Crippen LogP contribution in [-0.2, 0) is 13.1 Å². The first-order valence-electron chi connectivity index (χ1n) is 7.33. The van der Waals surface area contributed by atoms with Gasteiger partial charge >= 0.3 is 0 Å². The predicted molar refractivity (Wildman–Crippen MR) is 78.3 cm³/mol. The van der Waals surface area contributed by atoms with Crippen molar-refractivity contribution in [3.8, 4) is 0 Å². The van der Waals surface area contributed by atoms with E-state index in [4.69, 9.17) is 0 Å². The van der Waals surface area contributed by atoms with Gasteiger partial charge in [-0.05, 0) is 43.7 Å². The molecule has 2 heterocycles. The molecule has 1 atom stereocenters. The number of rotatable bonds is 4. The summed E-state index contributed by atoms with van der Waals surface area (Å²) in [5.41, 5.74) is 0.201. The summed E-state index contributed by atoms with van der Waals surface area (Å²) in [6.07, 6.45) is 3.47. The van der Waals surface area contributed by atoms with Crippen molar-refractivity contribution in [2.45, 2.75) is 32.0 Å². The molecule has 0 saturated carbocycles. The van der Waals surface area contributed by atoms with Crippen LogP contribution in [0, 0.1) is 11.6 Å². The van der Waals surface area contributed by atoms with Crippen molar-refractivity contribution in [3.05, 3.63) is 64.1 Å². The molecule has 2 aromatic rings. The molecule has 0 radical (unpaired) electrons. The molecule has 22 heavy (non-hydrogen) atoms. The summed E-state index contributed by atoms with van der Waals surface area (Å²) in [7, 11) is 0. The van der Waals surface area contributed by atoms with Gasteiger partial charge in [0.05, 0.1) is 6.54 Å². The number of hydrogen-bond acceptors (Lipinski definition) is 3. The Balaban J connectivity index is 1.75. The van der Waals surface area contributed by atoms with Crippen LogP contribution in [0.2, 0.25) is 0 Å². The van der Waals surface area contributed by atoms with Gasteiger partial charge < -0.3 is 0 Å². The minimum atomic E-state index is -0.437. The van der Waals surface area contributed by atoms with E-state index in [0.717, 1.165) is 31.5 Å². The third-order valence-corrected chi connectivity index (χ3v) is 4.05. The van der Waals surface area contributed by atoms with Gasteiger partial charge in [-0.1, -0.05) is 0 Å². The average molecular weight is 305 g/mol. The van der Waals surface area contributed by atoms with Gasteiger partial charge in [0.15, 0.2) is 0 Å². The Morgan fingerprint density at radius 2 is 2.14 bits per heavy atom. The molecular formula is C16H17F2N3O. The number of aromatic nitrogens is 2. The molecule has 1 aliphatic heterocycles. The topological polar surface area (TPSA) is 38.1 Å². The van der Waals surface area contributed by atoms with Crippen molar-refractivity contribution in [2.75, 3.05) is 6.54 Å². The van der Waals surface area contributed by atoms with Gasteiger partial charge in [0.2, 0.25) is 0 Å². The van der Waals surface area contributed by atoms with E-state index < -0.39 is 11.6 Å². The van der Waals surface area contributed by atoms with Gasteiger partial charge in [0.25, 0.3) is 5.56 Å². The number of nitrogens with zero attached hydrogens (tertiary/aromatic N) is 3. The Kier molecular flexibility index (Phi) is 4.29. The van der Waals surface area contributed by atoms with Crippen LogP contribution in [0.3, 0.4) is 0 Å². The zero-order valence-corrected chi connectivity index (χ0v) is 12.1. The smallest absolute Gasteiger partial charge is 0.266 e. The minimum Gasteiger partial charge on any atom is -0.294 e. The van der Waals surface area contributed by atoms with Gasteiger partial charge in [0.1, 0.15) is 11.6 Å². The fourth-order valence-corrected chi connectivity index (χ4v) is 2.92. The second-order valence-electron chi connectivity index (χ2n) is 5.55. The largest absolute Gasteiger partial charge is 0.294 e. The van der Waals surface area contributed by atoms with E-state index >= 15 is 0 Å². The molecule has 1 aromatic carbocycles. The van der Waals surface area contributed by atoms with E-state index in [9.17, 15) is 13.6 Å². The third kappa shape index (κ3) is 3.22. The number of benzene rings is 1. The molecule has 1 aromatic heterocycles. The first kappa shape index (κ1) is 14.8. The van der Waals surface area contributed by atoms with Crippen molar-refractivity contribution in [2.24, 2.45) is 0 Å². The normalized spacial score (nSPS) is 18.7. The zero-order chi connectivity index (χ0) is 15.5. The summed E-state index contributed by atoms with van der Waals surface area (Å²) in [6, 6.07) is 6.69. The Bertz CT molecular complexity index is 717. The Hall–Kier alpha value is -2.08. The maximum absolute atomic E-state index is 13.8. The lowest BCUT2D eigenvalue weighted by Gasteiger charge is -2.24. The van der Waals surface area contributed by atoms with Crippen molar-refractivity contribution in [1.29, 1.82) is 0 Å². The molecular weight excluding hydrogens is 288 g/mol. The summed E-state index contributed by atoms with van der Waals surface area (Å²) in [4.78, 5) is 13.8. The molecule has 6 heteroatoms. The van der Waals surface area contributed by atoms with E-state index in [2.05, 4.69) is 10.00 Å². The molecule has 0 bridgehead atoms. The van der Waals surface area contributed by atoms with Crippen LogP contribution >= 0.6 is 0 Å². The highest BCUT2D eigenvalue weighted by atomic mass is 19.1. The Morgan fingerprint density at radius 3 is 2.95 bits per heavy atom. The highest BCUT2D eigenvalue weighted by Crippen LogP contribution is 2.22. The monoisotopic (exact) mass is 305 g/mol. The second kappa shape index (κ2) is 6.36. The lowest BCUT2D eigenvalue weighted by molar-refractivity contribution is 0.214. The maximum atomic E-state index is 13.8. The van der Waals surface area contributed by atoms with Crippen molar-refractivity contribution < 1.29 is 8.78 Å². The highest BCUT2D eigenvalue weighted by molar-refractivity contribution is 5.18. The van der Waals surface area contributed by atoms with Crippen molar-refractivity contribution in [3.63, 3.8) is 0 Å². The quantitative estimate of drug-likeness (QED) is 0.869. The highest BCUT2D eigenvalue weighted by Gasteiger charge is 2.26. The van der Waals surface area contributed by atoms with E-state index in [-0.39, 0.29) is 11.6 Å². The molecule has 116 valence electrons. The van der Waals surface area contributed by atoms with Gasteiger partial charge in [-0.25, -0.2) is 13.5 Å². The number of halogens is 2. The van der Waals surface area contributed by atoms with Crippen LogP contribution in [-0.4, -0.2) is 27.3 Å². The van der Waals surface area contributed by atoms with Gasteiger partial charge in [-0.15, -0.1) is 0 Å². The molecule has 0 N–H and O–H groups in total.